The molecule has 0 saturated carbocycles. The second-order valence-corrected chi connectivity index (χ2v) is 8.32. The highest BCUT2D eigenvalue weighted by Crippen LogP contribution is 2.49. The Balaban J connectivity index is 1.57. The fraction of sp³-hybridized carbons (Fsp3) is 0.333. The number of imide groups is 1. The van der Waals surface area contributed by atoms with Gasteiger partial charge in [-0.05, 0) is 42.3 Å². The zero-order valence-electron chi connectivity index (χ0n) is 15.7. The van der Waals surface area contributed by atoms with Crippen LogP contribution in [0.3, 0.4) is 0 Å². The number of halogens is 2. The molecule has 3 saturated heterocycles. The summed E-state index contributed by atoms with van der Waals surface area (Å²) in [6, 6.07) is 11.8. The molecule has 0 N–H and O–H groups in total. The summed E-state index contributed by atoms with van der Waals surface area (Å²) in [5.41, 5.74) is 1.38. The van der Waals surface area contributed by atoms with Crippen molar-refractivity contribution in [2.45, 2.75) is 18.5 Å². The van der Waals surface area contributed by atoms with Crippen molar-refractivity contribution in [1.29, 1.82) is 0 Å². The van der Waals surface area contributed by atoms with E-state index in [1.54, 1.807) is 25.3 Å². The van der Waals surface area contributed by atoms with E-state index in [1.807, 2.05) is 24.3 Å². The molecule has 6 nitrogen and oxygen atoms in total. The molecule has 29 heavy (non-hydrogen) atoms. The summed E-state index contributed by atoms with van der Waals surface area (Å²) in [5, 5.41) is 4.98. The average molecular weight is 432 g/mol. The van der Waals surface area contributed by atoms with Gasteiger partial charge >= 0.3 is 0 Å². The van der Waals surface area contributed by atoms with Gasteiger partial charge in [-0.15, -0.1) is 0 Å². The number of ether oxygens (including phenoxy) is 1. The van der Waals surface area contributed by atoms with E-state index in [-0.39, 0.29) is 17.9 Å². The number of rotatable bonds is 3. The summed E-state index contributed by atoms with van der Waals surface area (Å²) in [6.07, 6.45) is 0.957. The van der Waals surface area contributed by atoms with Crippen LogP contribution in [-0.2, 0) is 9.59 Å². The van der Waals surface area contributed by atoms with Crippen LogP contribution in [0.5, 0.6) is 5.75 Å². The van der Waals surface area contributed by atoms with Crippen LogP contribution in [0.4, 0.5) is 5.69 Å². The van der Waals surface area contributed by atoms with E-state index < -0.39 is 12.0 Å². The topological polar surface area (TPSA) is 53.1 Å². The van der Waals surface area contributed by atoms with Gasteiger partial charge in [0.15, 0.2) is 0 Å². The Bertz CT molecular complexity index is 997. The van der Waals surface area contributed by atoms with Crippen molar-refractivity contribution in [2.75, 3.05) is 25.1 Å². The number of fused-ring (bicyclic) bond motifs is 3. The van der Waals surface area contributed by atoms with Crippen molar-refractivity contribution >= 4 is 40.7 Å². The fourth-order valence-corrected chi connectivity index (χ4v) is 5.31. The number of benzene rings is 2. The van der Waals surface area contributed by atoms with Gasteiger partial charge in [0.05, 0.1) is 29.8 Å². The molecule has 5 rings (SSSR count). The van der Waals surface area contributed by atoms with Gasteiger partial charge in [0, 0.05) is 18.1 Å². The zero-order valence-corrected chi connectivity index (χ0v) is 17.2. The monoisotopic (exact) mass is 431 g/mol. The fourth-order valence-electron chi connectivity index (χ4n) is 4.81. The molecule has 3 aliphatic rings. The molecule has 0 radical (unpaired) electrons. The van der Waals surface area contributed by atoms with Crippen molar-refractivity contribution in [1.82, 2.24) is 10.0 Å². The Morgan fingerprint density at radius 3 is 2.28 bits per heavy atom. The van der Waals surface area contributed by atoms with Crippen molar-refractivity contribution in [3.63, 3.8) is 0 Å². The SMILES string of the molecule is COc1ccc(C2C3C(=O)N(c4ccc(Cl)cc4Cl)C(=O)C3N3CCCN23)cc1. The van der Waals surface area contributed by atoms with E-state index in [0.717, 1.165) is 30.8 Å². The number of carbonyl (C=O) groups excluding carboxylic acids is 2. The standard InChI is InChI=1S/C21H19Cl2N3O3/c1-29-14-6-3-12(4-7-14)18-17-19(25-10-2-9-24(18)25)21(28)26(20(17)27)16-8-5-13(22)11-15(16)23/h3-8,11,17-19H,2,9-10H2,1H3. The second kappa shape index (κ2) is 6.99. The van der Waals surface area contributed by atoms with Crippen LogP contribution in [0.25, 0.3) is 0 Å². The first-order chi connectivity index (χ1) is 14.0. The quantitative estimate of drug-likeness (QED) is 0.695. The third-order valence-electron chi connectivity index (χ3n) is 6.01. The minimum Gasteiger partial charge on any atom is -0.497 e. The summed E-state index contributed by atoms with van der Waals surface area (Å²) in [7, 11) is 1.62. The first kappa shape index (κ1) is 18.9. The zero-order chi connectivity index (χ0) is 20.3. The molecule has 0 aromatic heterocycles. The molecule has 0 spiro atoms. The molecule has 3 fully saturated rings. The second-order valence-electron chi connectivity index (χ2n) is 7.48. The van der Waals surface area contributed by atoms with Crippen LogP contribution in [-0.4, -0.2) is 48.1 Å². The minimum absolute atomic E-state index is 0.194. The van der Waals surface area contributed by atoms with Crippen LogP contribution in [0.2, 0.25) is 10.0 Å². The summed E-state index contributed by atoms with van der Waals surface area (Å²) in [5.74, 6) is -0.181. The molecule has 2 aromatic rings. The maximum absolute atomic E-state index is 13.5. The Kier molecular flexibility index (Phi) is 4.55. The Labute approximate surface area is 178 Å². The van der Waals surface area contributed by atoms with Crippen molar-refractivity contribution in [2.24, 2.45) is 5.92 Å². The number of hydrogen-bond acceptors (Lipinski definition) is 5. The molecular formula is C21H19Cl2N3O3. The van der Waals surface area contributed by atoms with E-state index in [1.165, 1.54) is 4.90 Å². The molecule has 0 aliphatic carbocycles. The van der Waals surface area contributed by atoms with Crippen LogP contribution in [0.1, 0.15) is 18.0 Å². The highest BCUT2D eigenvalue weighted by molar-refractivity contribution is 6.38. The number of hydrogen-bond donors (Lipinski definition) is 0. The van der Waals surface area contributed by atoms with E-state index in [4.69, 9.17) is 27.9 Å². The highest BCUT2D eigenvalue weighted by Gasteiger charge is 2.63. The Morgan fingerprint density at radius 1 is 0.931 bits per heavy atom. The summed E-state index contributed by atoms with van der Waals surface area (Å²) >= 11 is 12.3. The first-order valence-electron chi connectivity index (χ1n) is 9.51. The lowest BCUT2D eigenvalue weighted by Crippen LogP contribution is -2.44. The molecule has 3 heterocycles. The third-order valence-corrected chi connectivity index (χ3v) is 6.55. The predicted octanol–water partition coefficient (Wildman–Crippen LogP) is 3.54. The lowest BCUT2D eigenvalue weighted by Gasteiger charge is -2.30. The van der Waals surface area contributed by atoms with Crippen LogP contribution < -0.4 is 9.64 Å². The maximum Gasteiger partial charge on any atom is 0.253 e. The molecule has 8 heteroatoms. The summed E-state index contributed by atoms with van der Waals surface area (Å²) in [4.78, 5) is 28.1. The van der Waals surface area contributed by atoms with Gasteiger partial charge in [-0.2, -0.15) is 0 Å². The van der Waals surface area contributed by atoms with E-state index in [0.29, 0.717) is 15.7 Å². The van der Waals surface area contributed by atoms with Gasteiger partial charge in [0.25, 0.3) is 5.91 Å². The van der Waals surface area contributed by atoms with Crippen LogP contribution >= 0.6 is 23.2 Å². The lowest BCUT2D eigenvalue weighted by atomic mass is 9.90. The molecule has 3 unspecified atom stereocenters. The van der Waals surface area contributed by atoms with Crippen molar-refractivity contribution in [3.05, 3.63) is 58.1 Å². The van der Waals surface area contributed by atoms with Gasteiger partial charge < -0.3 is 4.74 Å². The number of nitrogens with zero attached hydrogens (tertiary/aromatic N) is 3. The van der Waals surface area contributed by atoms with Crippen molar-refractivity contribution in [3.8, 4) is 5.75 Å². The van der Waals surface area contributed by atoms with Gasteiger partial charge in [0.2, 0.25) is 5.91 Å². The van der Waals surface area contributed by atoms with E-state index in [2.05, 4.69) is 10.0 Å². The van der Waals surface area contributed by atoms with Gasteiger partial charge in [-0.1, -0.05) is 35.3 Å². The number of methoxy groups -OCH3 is 1. The van der Waals surface area contributed by atoms with Gasteiger partial charge in [-0.3, -0.25) is 9.59 Å². The molecule has 3 aliphatic heterocycles. The predicted molar refractivity (Wildman–Crippen MR) is 110 cm³/mol. The Hall–Kier alpha value is -2.12. The van der Waals surface area contributed by atoms with Gasteiger partial charge in [-0.25, -0.2) is 14.9 Å². The molecule has 2 aromatic carbocycles. The average Bonchev–Trinajstić information content (AvgIpc) is 3.35. The van der Waals surface area contributed by atoms with Crippen LogP contribution in [0.15, 0.2) is 42.5 Å². The van der Waals surface area contributed by atoms with E-state index >= 15 is 0 Å². The molecule has 0 bridgehead atoms. The van der Waals surface area contributed by atoms with Crippen LogP contribution in [0, 0.1) is 5.92 Å². The van der Waals surface area contributed by atoms with Gasteiger partial charge in [0.1, 0.15) is 11.8 Å². The first-order valence-corrected chi connectivity index (χ1v) is 10.3. The number of anilines is 1. The third kappa shape index (κ3) is 2.78. The number of hydrazine groups is 1. The Morgan fingerprint density at radius 2 is 1.62 bits per heavy atom. The normalized spacial score (nSPS) is 26.9. The molecule has 150 valence electrons. The summed E-state index contributed by atoms with van der Waals surface area (Å²) < 4.78 is 5.26. The number of amides is 2. The summed E-state index contributed by atoms with van der Waals surface area (Å²) in [6.45, 7) is 1.58. The lowest BCUT2D eigenvalue weighted by molar-refractivity contribution is -0.126. The molecule has 3 atom stereocenters. The molecular weight excluding hydrogens is 413 g/mol. The van der Waals surface area contributed by atoms with Crippen molar-refractivity contribution < 1.29 is 14.3 Å². The smallest absolute Gasteiger partial charge is 0.253 e. The van der Waals surface area contributed by atoms with E-state index in [9.17, 15) is 9.59 Å². The molecule has 2 amide bonds. The highest BCUT2D eigenvalue weighted by atomic mass is 35.5. The maximum atomic E-state index is 13.5. The number of carbonyl (C=O) groups is 2. The largest absolute Gasteiger partial charge is 0.497 e. The minimum atomic E-state index is -0.510.